The van der Waals surface area contributed by atoms with Crippen LogP contribution in [0.1, 0.15) is 56.1 Å². The monoisotopic (exact) mass is 343 g/mol. The summed E-state index contributed by atoms with van der Waals surface area (Å²) in [5.74, 6) is 0.656. The molecule has 1 spiro atoms. The van der Waals surface area contributed by atoms with E-state index >= 15 is 0 Å². The highest BCUT2D eigenvalue weighted by Crippen LogP contribution is 2.51. The minimum absolute atomic E-state index is 0.104. The lowest BCUT2D eigenvalue weighted by Crippen LogP contribution is -2.62. The molecule has 0 aromatic heterocycles. The zero-order valence-electron chi connectivity index (χ0n) is 15.1. The minimum Gasteiger partial charge on any atom is -0.392 e. The lowest BCUT2D eigenvalue weighted by atomic mass is 9.58. The molecule has 1 amide bonds. The van der Waals surface area contributed by atoms with Gasteiger partial charge in [-0.2, -0.15) is 0 Å². The third kappa shape index (κ3) is 2.89. The van der Waals surface area contributed by atoms with Crippen LogP contribution in [0.3, 0.4) is 0 Å². The maximum atomic E-state index is 12.8. The fraction of sp³-hybridized carbons (Fsp3) is 0.667. The second-order valence-electron chi connectivity index (χ2n) is 7.95. The van der Waals surface area contributed by atoms with Crippen molar-refractivity contribution >= 4 is 5.91 Å². The number of ether oxygens (including phenoxy) is 1. The normalized spacial score (nSPS) is 30.2. The molecule has 0 radical (unpaired) electrons. The summed E-state index contributed by atoms with van der Waals surface area (Å²) in [5, 5.41) is 10.3. The van der Waals surface area contributed by atoms with Gasteiger partial charge in [0.1, 0.15) is 0 Å². The van der Waals surface area contributed by atoms with Gasteiger partial charge in [0.2, 0.25) is 5.91 Å². The van der Waals surface area contributed by atoms with Crippen molar-refractivity contribution in [2.24, 2.45) is 5.41 Å². The topological polar surface area (TPSA) is 49.8 Å². The molecule has 1 aromatic carbocycles. The first-order valence-electron chi connectivity index (χ1n) is 9.79. The molecule has 1 saturated heterocycles. The number of aryl methyl sites for hydroxylation is 1. The Morgan fingerprint density at radius 1 is 1.32 bits per heavy atom. The molecule has 1 heterocycles. The molecule has 0 unspecified atom stereocenters. The molecule has 2 aliphatic carbocycles. The molecule has 3 aliphatic rings. The standard InChI is InChI=1S/C21H29NO3/c1-2-25-19-14-18(23)21(19)9-11-22(12-10-21)20(24)13-16-8-7-15-5-3-4-6-17(15)16/h3-6,16,18-19,23H,2,7-14H2,1H3/t16-,18+,19-/m1/s1. The summed E-state index contributed by atoms with van der Waals surface area (Å²) >= 11 is 0. The number of amides is 1. The molecular weight excluding hydrogens is 314 g/mol. The van der Waals surface area contributed by atoms with Gasteiger partial charge in [-0.15, -0.1) is 0 Å². The van der Waals surface area contributed by atoms with Crippen LogP contribution in [0.2, 0.25) is 0 Å². The molecule has 3 atom stereocenters. The first-order chi connectivity index (χ1) is 12.1. The van der Waals surface area contributed by atoms with Crippen LogP contribution in [0.4, 0.5) is 0 Å². The lowest BCUT2D eigenvalue weighted by Gasteiger charge is -2.56. The predicted molar refractivity (Wildman–Crippen MR) is 96.4 cm³/mol. The maximum absolute atomic E-state index is 12.8. The predicted octanol–water partition coefficient (Wildman–Crippen LogP) is 2.89. The maximum Gasteiger partial charge on any atom is 0.223 e. The van der Waals surface area contributed by atoms with Crippen molar-refractivity contribution in [3.05, 3.63) is 35.4 Å². The smallest absolute Gasteiger partial charge is 0.223 e. The number of benzene rings is 1. The molecular formula is C21H29NO3. The number of likely N-dealkylation sites (tertiary alicyclic amines) is 1. The molecule has 4 heteroatoms. The second-order valence-corrected chi connectivity index (χ2v) is 7.95. The average Bonchev–Trinajstić information content (AvgIpc) is 3.05. The van der Waals surface area contributed by atoms with E-state index in [1.165, 1.54) is 11.1 Å². The van der Waals surface area contributed by atoms with Crippen LogP contribution in [-0.2, 0) is 16.0 Å². The molecule has 4 rings (SSSR count). The summed E-state index contributed by atoms with van der Waals surface area (Å²) in [6.07, 6.45) is 5.21. The van der Waals surface area contributed by atoms with E-state index in [4.69, 9.17) is 4.74 Å². The number of aliphatic hydroxyl groups excluding tert-OH is 1. The van der Waals surface area contributed by atoms with E-state index in [0.717, 1.165) is 45.2 Å². The minimum atomic E-state index is -0.261. The third-order valence-electron chi connectivity index (χ3n) is 6.84. The number of rotatable bonds is 4. The summed E-state index contributed by atoms with van der Waals surface area (Å²) in [6, 6.07) is 8.54. The number of carbonyl (C=O) groups excluding carboxylic acids is 1. The van der Waals surface area contributed by atoms with E-state index in [2.05, 4.69) is 24.3 Å². The van der Waals surface area contributed by atoms with Gasteiger partial charge in [-0.05, 0) is 49.7 Å². The van der Waals surface area contributed by atoms with Crippen LogP contribution in [0.25, 0.3) is 0 Å². The lowest BCUT2D eigenvalue weighted by molar-refractivity contribution is -0.210. The van der Waals surface area contributed by atoms with E-state index in [1.807, 2.05) is 11.8 Å². The van der Waals surface area contributed by atoms with E-state index in [1.54, 1.807) is 0 Å². The van der Waals surface area contributed by atoms with Crippen molar-refractivity contribution in [2.75, 3.05) is 19.7 Å². The highest BCUT2D eigenvalue weighted by molar-refractivity contribution is 5.77. The largest absolute Gasteiger partial charge is 0.392 e. The Morgan fingerprint density at radius 2 is 2.08 bits per heavy atom. The Bertz CT molecular complexity index is 634. The molecule has 1 aliphatic heterocycles. The summed E-state index contributed by atoms with van der Waals surface area (Å²) in [7, 11) is 0. The Labute approximate surface area is 150 Å². The molecule has 2 fully saturated rings. The number of hydrogen-bond acceptors (Lipinski definition) is 3. The second kappa shape index (κ2) is 6.73. The van der Waals surface area contributed by atoms with Gasteiger partial charge in [0, 0.05) is 38.0 Å². The summed E-state index contributed by atoms with van der Waals surface area (Å²) in [6.45, 7) is 4.22. The fourth-order valence-corrected chi connectivity index (χ4v) is 5.19. The summed E-state index contributed by atoms with van der Waals surface area (Å²) < 4.78 is 5.82. The van der Waals surface area contributed by atoms with Crippen LogP contribution in [0.15, 0.2) is 24.3 Å². The fourth-order valence-electron chi connectivity index (χ4n) is 5.19. The third-order valence-corrected chi connectivity index (χ3v) is 6.84. The van der Waals surface area contributed by atoms with Crippen LogP contribution >= 0.6 is 0 Å². The van der Waals surface area contributed by atoms with E-state index in [-0.39, 0.29) is 23.5 Å². The van der Waals surface area contributed by atoms with Crippen molar-refractivity contribution in [2.45, 2.75) is 63.6 Å². The van der Waals surface area contributed by atoms with E-state index in [0.29, 0.717) is 18.9 Å². The molecule has 1 saturated carbocycles. The van der Waals surface area contributed by atoms with Gasteiger partial charge in [0.15, 0.2) is 0 Å². The number of carbonyl (C=O) groups is 1. The van der Waals surface area contributed by atoms with E-state index < -0.39 is 0 Å². The molecule has 0 bridgehead atoms. The van der Waals surface area contributed by atoms with Crippen molar-refractivity contribution in [3.63, 3.8) is 0 Å². The summed E-state index contributed by atoms with van der Waals surface area (Å²) in [5.41, 5.74) is 2.68. The van der Waals surface area contributed by atoms with Gasteiger partial charge >= 0.3 is 0 Å². The van der Waals surface area contributed by atoms with Crippen LogP contribution < -0.4 is 0 Å². The quantitative estimate of drug-likeness (QED) is 0.914. The SMILES string of the molecule is CCO[C@@H]1C[C@H](O)C12CCN(C(=O)C[C@H]1CCc3ccccc31)CC2. The highest BCUT2D eigenvalue weighted by atomic mass is 16.5. The molecule has 1 aromatic rings. The molecule has 1 N–H and O–H groups in total. The first-order valence-corrected chi connectivity index (χ1v) is 9.79. The van der Waals surface area contributed by atoms with Gasteiger partial charge in [-0.25, -0.2) is 0 Å². The number of piperidine rings is 1. The van der Waals surface area contributed by atoms with Crippen molar-refractivity contribution in [3.8, 4) is 0 Å². The zero-order valence-corrected chi connectivity index (χ0v) is 15.1. The Hall–Kier alpha value is -1.39. The van der Waals surface area contributed by atoms with E-state index in [9.17, 15) is 9.90 Å². The first kappa shape index (κ1) is 17.0. The Kier molecular flexibility index (Phi) is 4.59. The van der Waals surface area contributed by atoms with Gasteiger partial charge in [0.25, 0.3) is 0 Å². The Balaban J connectivity index is 1.35. The average molecular weight is 343 g/mol. The van der Waals surface area contributed by atoms with Gasteiger partial charge in [-0.1, -0.05) is 24.3 Å². The summed E-state index contributed by atoms with van der Waals surface area (Å²) in [4.78, 5) is 14.8. The molecule has 25 heavy (non-hydrogen) atoms. The van der Waals surface area contributed by atoms with Gasteiger partial charge in [-0.3, -0.25) is 4.79 Å². The number of aliphatic hydroxyl groups is 1. The van der Waals surface area contributed by atoms with Crippen molar-refractivity contribution in [1.29, 1.82) is 0 Å². The van der Waals surface area contributed by atoms with Crippen LogP contribution in [0, 0.1) is 5.41 Å². The Morgan fingerprint density at radius 3 is 2.80 bits per heavy atom. The highest BCUT2D eigenvalue weighted by Gasteiger charge is 2.56. The zero-order chi connectivity index (χ0) is 17.4. The number of fused-ring (bicyclic) bond motifs is 1. The van der Waals surface area contributed by atoms with Gasteiger partial charge < -0.3 is 14.7 Å². The molecule has 136 valence electrons. The number of hydrogen-bond donors (Lipinski definition) is 1. The van der Waals surface area contributed by atoms with Crippen LogP contribution in [0.5, 0.6) is 0 Å². The molecule has 4 nitrogen and oxygen atoms in total. The van der Waals surface area contributed by atoms with Crippen molar-refractivity contribution < 1.29 is 14.6 Å². The van der Waals surface area contributed by atoms with Crippen LogP contribution in [-0.4, -0.2) is 47.8 Å². The number of nitrogens with zero attached hydrogens (tertiary/aromatic N) is 1. The van der Waals surface area contributed by atoms with Gasteiger partial charge in [0.05, 0.1) is 12.2 Å². The van der Waals surface area contributed by atoms with Crippen molar-refractivity contribution in [1.82, 2.24) is 4.90 Å².